The Morgan fingerprint density at radius 3 is 2.69 bits per heavy atom. The molecule has 0 aliphatic carbocycles. The SMILES string of the molecule is Cc1cccc(CC(O)CN)c1C. The van der Waals surface area contributed by atoms with Crippen molar-refractivity contribution in [2.75, 3.05) is 6.54 Å². The van der Waals surface area contributed by atoms with Gasteiger partial charge in [0.15, 0.2) is 0 Å². The molecule has 1 rings (SSSR count). The van der Waals surface area contributed by atoms with Crippen LogP contribution < -0.4 is 5.73 Å². The first-order chi connectivity index (χ1) is 6.15. The van der Waals surface area contributed by atoms with Crippen molar-refractivity contribution >= 4 is 0 Å². The van der Waals surface area contributed by atoms with Crippen molar-refractivity contribution in [1.29, 1.82) is 0 Å². The molecular formula is C11H17NO. The second kappa shape index (κ2) is 4.40. The van der Waals surface area contributed by atoms with E-state index in [2.05, 4.69) is 19.9 Å². The lowest BCUT2D eigenvalue weighted by atomic mass is 9.99. The van der Waals surface area contributed by atoms with Crippen molar-refractivity contribution in [1.82, 2.24) is 0 Å². The van der Waals surface area contributed by atoms with Gasteiger partial charge in [-0.05, 0) is 37.0 Å². The molecule has 0 saturated heterocycles. The number of hydrogen-bond acceptors (Lipinski definition) is 2. The van der Waals surface area contributed by atoms with Crippen LogP contribution in [0.15, 0.2) is 18.2 Å². The molecule has 0 saturated carbocycles. The molecule has 0 aliphatic rings. The molecule has 1 aromatic rings. The van der Waals surface area contributed by atoms with E-state index in [1.165, 1.54) is 16.7 Å². The second-order valence-electron chi connectivity index (χ2n) is 3.45. The second-order valence-corrected chi connectivity index (χ2v) is 3.45. The van der Waals surface area contributed by atoms with Crippen LogP contribution in [-0.2, 0) is 6.42 Å². The Morgan fingerprint density at radius 1 is 1.38 bits per heavy atom. The van der Waals surface area contributed by atoms with E-state index >= 15 is 0 Å². The fourth-order valence-corrected chi connectivity index (χ4v) is 1.37. The zero-order chi connectivity index (χ0) is 9.84. The summed E-state index contributed by atoms with van der Waals surface area (Å²) < 4.78 is 0. The normalized spacial score (nSPS) is 12.9. The summed E-state index contributed by atoms with van der Waals surface area (Å²) in [5.74, 6) is 0. The largest absolute Gasteiger partial charge is 0.391 e. The number of nitrogens with two attached hydrogens (primary N) is 1. The van der Waals surface area contributed by atoms with Gasteiger partial charge in [-0.2, -0.15) is 0 Å². The summed E-state index contributed by atoms with van der Waals surface area (Å²) in [7, 11) is 0. The van der Waals surface area contributed by atoms with Crippen LogP contribution in [0.2, 0.25) is 0 Å². The Labute approximate surface area is 79.4 Å². The van der Waals surface area contributed by atoms with Crippen LogP contribution in [-0.4, -0.2) is 17.8 Å². The Hall–Kier alpha value is -0.860. The Balaban J connectivity index is 2.83. The highest BCUT2D eigenvalue weighted by Gasteiger charge is 2.06. The molecular weight excluding hydrogens is 162 g/mol. The molecule has 0 amide bonds. The van der Waals surface area contributed by atoms with Gasteiger partial charge in [0.1, 0.15) is 0 Å². The molecule has 2 heteroatoms. The van der Waals surface area contributed by atoms with E-state index in [-0.39, 0.29) is 0 Å². The van der Waals surface area contributed by atoms with E-state index < -0.39 is 6.10 Å². The van der Waals surface area contributed by atoms with Crippen LogP contribution in [0.3, 0.4) is 0 Å². The molecule has 0 aliphatic heterocycles. The van der Waals surface area contributed by atoms with Gasteiger partial charge in [0.05, 0.1) is 6.10 Å². The summed E-state index contributed by atoms with van der Waals surface area (Å²) >= 11 is 0. The van der Waals surface area contributed by atoms with Gasteiger partial charge in [-0.1, -0.05) is 18.2 Å². The first-order valence-corrected chi connectivity index (χ1v) is 4.58. The average Bonchev–Trinajstić information content (AvgIpc) is 2.13. The van der Waals surface area contributed by atoms with Gasteiger partial charge in [0, 0.05) is 6.54 Å². The maximum Gasteiger partial charge on any atom is 0.0702 e. The number of benzene rings is 1. The molecule has 0 radical (unpaired) electrons. The predicted molar refractivity (Wildman–Crippen MR) is 54.7 cm³/mol. The fourth-order valence-electron chi connectivity index (χ4n) is 1.37. The van der Waals surface area contributed by atoms with E-state index in [1.54, 1.807) is 0 Å². The number of aryl methyl sites for hydroxylation is 1. The van der Waals surface area contributed by atoms with Crippen molar-refractivity contribution in [2.45, 2.75) is 26.4 Å². The van der Waals surface area contributed by atoms with Gasteiger partial charge < -0.3 is 10.8 Å². The molecule has 1 atom stereocenters. The third kappa shape index (κ3) is 2.54. The van der Waals surface area contributed by atoms with E-state index in [4.69, 9.17) is 5.73 Å². The van der Waals surface area contributed by atoms with Crippen molar-refractivity contribution in [3.8, 4) is 0 Å². The standard InChI is InChI=1S/C11H17NO/c1-8-4-3-5-10(9(8)2)6-11(13)7-12/h3-5,11,13H,6-7,12H2,1-2H3. The predicted octanol–water partition coefficient (Wildman–Crippen LogP) is 1.17. The van der Waals surface area contributed by atoms with E-state index in [9.17, 15) is 5.11 Å². The molecule has 0 aromatic heterocycles. The third-order valence-corrected chi connectivity index (χ3v) is 2.44. The lowest BCUT2D eigenvalue weighted by molar-refractivity contribution is 0.183. The van der Waals surface area contributed by atoms with Gasteiger partial charge in [-0.3, -0.25) is 0 Å². The van der Waals surface area contributed by atoms with Crippen molar-refractivity contribution < 1.29 is 5.11 Å². The molecule has 0 heterocycles. The molecule has 2 nitrogen and oxygen atoms in total. The zero-order valence-corrected chi connectivity index (χ0v) is 8.25. The average molecular weight is 179 g/mol. The van der Waals surface area contributed by atoms with Gasteiger partial charge >= 0.3 is 0 Å². The van der Waals surface area contributed by atoms with Crippen LogP contribution in [0.4, 0.5) is 0 Å². The van der Waals surface area contributed by atoms with Gasteiger partial charge in [-0.25, -0.2) is 0 Å². The van der Waals surface area contributed by atoms with Crippen LogP contribution in [0.25, 0.3) is 0 Å². The summed E-state index contributed by atoms with van der Waals surface area (Å²) in [6.07, 6.45) is 0.241. The highest BCUT2D eigenvalue weighted by atomic mass is 16.3. The topological polar surface area (TPSA) is 46.2 Å². The zero-order valence-electron chi connectivity index (χ0n) is 8.25. The van der Waals surface area contributed by atoms with Crippen LogP contribution in [0.1, 0.15) is 16.7 Å². The molecule has 1 unspecified atom stereocenters. The summed E-state index contributed by atoms with van der Waals surface area (Å²) in [5.41, 5.74) is 9.08. The quantitative estimate of drug-likeness (QED) is 0.731. The van der Waals surface area contributed by atoms with Gasteiger partial charge in [0.25, 0.3) is 0 Å². The molecule has 0 spiro atoms. The van der Waals surface area contributed by atoms with Gasteiger partial charge in [0.2, 0.25) is 0 Å². The van der Waals surface area contributed by atoms with Crippen LogP contribution in [0.5, 0.6) is 0 Å². The van der Waals surface area contributed by atoms with Crippen molar-refractivity contribution in [3.05, 3.63) is 34.9 Å². The maximum atomic E-state index is 9.40. The third-order valence-electron chi connectivity index (χ3n) is 2.44. The first-order valence-electron chi connectivity index (χ1n) is 4.58. The van der Waals surface area contributed by atoms with E-state index in [1.807, 2.05) is 12.1 Å². The van der Waals surface area contributed by atoms with E-state index in [0.29, 0.717) is 13.0 Å². The summed E-state index contributed by atoms with van der Waals surface area (Å²) in [6, 6.07) is 6.13. The summed E-state index contributed by atoms with van der Waals surface area (Å²) in [6.45, 7) is 4.48. The molecule has 3 N–H and O–H groups in total. The Bertz CT molecular complexity index is 283. The Kier molecular flexibility index (Phi) is 3.46. The molecule has 0 fully saturated rings. The molecule has 72 valence electrons. The van der Waals surface area contributed by atoms with E-state index in [0.717, 1.165) is 0 Å². The smallest absolute Gasteiger partial charge is 0.0702 e. The van der Waals surface area contributed by atoms with Crippen molar-refractivity contribution in [2.24, 2.45) is 5.73 Å². The fraction of sp³-hybridized carbons (Fsp3) is 0.455. The highest BCUT2D eigenvalue weighted by molar-refractivity contribution is 5.33. The molecule has 0 bridgehead atoms. The lowest BCUT2D eigenvalue weighted by Crippen LogP contribution is -2.22. The number of aliphatic hydroxyl groups excluding tert-OH is 1. The number of hydrogen-bond donors (Lipinski definition) is 2. The number of rotatable bonds is 3. The Morgan fingerprint density at radius 2 is 2.08 bits per heavy atom. The molecule has 13 heavy (non-hydrogen) atoms. The summed E-state index contributed by atoms with van der Waals surface area (Å²) in [4.78, 5) is 0. The highest BCUT2D eigenvalue weighted by Crippen LogP contribution is 2.14. The maximum absolute atomic E-state index is 9.40. The van der Waals surface area contributed by atoms with Crippen LogP contribution in [0, 0.1) is 13.8 Å². The molecule has 1 aromatic carbocycles. The lowest BCUT2D eigenvalue weighted by Gasteiger charge is -2.11. The minimum atomic E-state index is -0.416. The van der Waals surface area contributed by atoms with Crippen LogP contribution >= 0.6 is 0 Å². The minimum absolute atomic E-state index is 0.327. The monoisotopic (exact) mass is 179 g/mol. The number of aliphatic hydroxyl groups is 1. The minimum Gasteiger partial charge on any atom is -0.391 e. The summed E-state index contributed by atoms with van der Waals surface area (Å²) in [5, 5.41) is 9.40. The van der Waals surface area contributed by atoms with Crippen molar-refractivity contribution in [3.63, 3.8) is 0 Å². The first kappa shape index (κ1) is 10.2. The van der Waals surface area contributed by atoms with Gasteiger partial charge in [-0.15, -0.1) is 0 Å².